The van der Waals surface area contributed by atoms with Crippen molar-refractivity contribution in [1.29, 1.82) is 0 Å². The van der Waals surface area contributed by atoms with Gasteiger partial charge in [-0.05, 0) is 55.4 Å². The Bertz CT molecular complexity index is 1010. The lowest BCUT2D eigenvalue weighted by molar-refractivity contribution is 0.0687. The summed E-state index contributed by atoms with van der Waals surface area (Å²) in [4.78, 5) is 27.9. The first-order chi connectivity index (χ1) is 13.1. The molecule has 5 rings (SSSR count). The van der Waals surface area contributed by atoms with Gasteiger partial charge >= 0.3 is 0 Å². The highest BCUT2D eigenvalue weighted by molar-refractivity contribution is 5.95. The van der Waals surface area contributed by atoms with Gasteiger partial charge in [0.1, 0.15) is 5.56 Å². The molecule has 0 N–H and O–H groups in total. The molecule has 1 saturated carbocycles. The lowest BCUT2D eigenvalue weighted by atomic mass is 9.74. The molecule has 0 unspecified atom stereocenters. The minimum Gasteiger partial charge on any atom is -0.338 e. The third-order valence-electron chi connectivity index (χ3n) is 6.50. The topological polar surface area (TPSA) is 42.3 Å². The summed E-state index contributed by atoms with van der Waals surface area (Å²) in [5.41, 5.74) is 3.75. The van der Waals surface area contributed by atoms with Crippen LogP contribution in [0, 0.1) is 6.92 Å². The second-order valence-corrected chi connectivity index (χ2v) is 8.19. The lowest BCUT2D eigenvalue weighted by Gasteiger charge is -2.39. The van der Waals surface area contributed by atoms with Crippen molar-refractivity contribution in [3.8, 4) is 0 Å². The van der Waals surface area contributed by atoms with Crippen molar-refractivity contribution < 1.29 is 4.79 Å². The monoisotopic (exact) mass is 360 g/mol. The number of fused-ring (bicyclic) bond motifs is 2. The van der Waals surface area contributed by atoms with E-state index in [1.165, 1.54) is 11.1 Å². The minimum absolute atomic E-state index is 0.0489. The highest BCUT2D eigenvalue weighted by Gasteiger charge is 2.39. The Balaban J connectivity index is 1.40. The molecule has 1 aromatic carbocycles. The molecule has 3 aliphatic rings. The molecule has 1 saturated heterocycles. The number of aromatic nitrogens is 1. The average Bonchev–Trinajstić information content (AvgIpc) is 3.46. The number of amides is 1. The molecule has 0 radical (unpaired) electrons. The van der Waals surface area contributed by atoms with Crippen LogP contribution in [0.25, 0.3) is 6.08 Å². The Labute approximate surface area is 159 Å². The van der Waals surface area contributed by atoms with Gasteiger partial charge in [0.25, 0.3) is 11.5 Å². The number of hydrogen-bond donors (Lipinski definition) is 0. The van der Waals surface area contributed by atoms with E-state index >= 15 is 0 Å². The molecule has 4 nitrogen and oxygen atoms in total. The molecule has 4 heteroatoms. The number of hydrogen-bond acceptors (Lipinski definition) is 2. The van der Waals surface area contributed by atoms with E-state index in [-0.39, 0.29) is 22.9 Å². The van der Waals surface area contributed by atoms with Crippen molar-refractivity contribution in [3.05, 3.63) is 75.2 Å². The zero-order valence-corrected chi connectivity index (χ0v) is 15.6. The van der Waals surface area contributed by atoms with E-state index in [9.17, 15) is 9.59 Å². The Hall–Kier alpha value is -2.62. The third-order valence-corrected chi connectivity index (χ3v) is 6.50. The van der Waals surface area contributed by atoms with E-state index in [4.69, 9.17) is 0 Å². The summed E-state index contributed by atoms with van der Waals surface area (Å²) in [6.07, 6.45) is 10.3. The maximum absolute atomic E-state index is 13.2. The van der Waals surface area contributed by atoms with Crippen LogP contribution in [0.15, 0.2) is 47.4 Å². The fraction of sp³-hybridized carbons (Fsp3) is 0.391. The fourth-order valence-corrected chi connectivity index (χ4v) is 4.68. The molecular weight excluding hydrogens is 336 g/mol. The Morgan fingerprint density at radius 1 is 1.11 bits per heavy atom. The number of benzene rings is 1. The number of allylic oxidation sites excluding steroid dienone is 1. The molecule has 1 spiro atoms. The molecule has 1 aromatic heterocycles. The molecule has 2 heterocycles. The van der Waals surface area contributed by atoms with Gasteiger partial charge < -0.3 is 9.47 Å². The van der Waals surface area contributed by atoms with Crippen LogP contribution in [0.5, 0.6) is 0 Å². The van der Waals surface area contributed by atoms with Crippen molar-refractivity contribution in [3.63, 3.8) is 0 Å². The number of nitrogens with zero attached hydrogens (tertiary/aromatic N) is 2. The van der Waals surface area contributed by atoms with Crippen molar-refractivity contribution in [2.75, 3.05) is 13.1 Å². The largest absolute Gasteiger partial charge is 0.338 e. The van der Waals surface area contributed by atoms with Crippen LogP contribution in [0.4, 0.5) is 0 Å². The minimum atomic E-state index is -0.117. The van der Waals surface area contributed by atoms with Crippen LogP contribution >= 0.6 is 0 Å². The summed E-state index contributed by atoms with van der Waals surface area (Å²) in [6.45, 7) is 3.25. The van der Waals surface area contributed by atoms with Gasteiger partial charge in [-0.25, -0.2) is 0 Å². The summed E-state index contributed by atoms with van der Waals surface area (Å²) < 4.78 is 1.75. The summed E-state index contributed by atoms with van der Waals surface area (Å²) in [5.74, 6) is -0.0994. The molecule has 2 fully saturated rings. The standard InChI is InChI=1S/C23H24N2O2/c1-16-9-13-25(18-6-7-18)22(27)20(16)21(26)24-14-11-23(12-15-24)10-8-17-4-2-3-5-19(17)23/h2-5,8-10,13,18H,6-7,11-12,14-15H2,1H3. The van der Waals surface area contributed by atoms with Crippen molar-refractivity contribution in [2.24, 2.45) is 0 Å². The SMILES string of the molecule is Cc1ccn(C2CC2)c(=O)c1C(=O)N1CCC2(C=Cc3ccccc32)CC1. The van der Waals surface area contributed by atoms with Crippen LogP contribution in [0.1, 0.15) is 58.8 Å². The number of carbonyl (C=O) groups is 1. The molecule has 0 bridgehead atoms. The van der Waals surface area contributed by atoms with Gasteiger partial charge in [0.15, 0.2) is 0 Å². The molecule has 1 aliphatic heterocycles. The van der Waals surface area contributed by atoms with E-state index in [0.717, 1.165) is 31.2 Å². The zero-order chi connectivity index (χ0) is 18.6. The maximum Gasteiger partial charge on any atom is 0.263 e. The van der Waals surface area contributed by atoms with Crippen LogP contribution in [0.2, 0.25) is 0 Å². The molecule has 2 aromatic rings. The lowest BCUT2D eigenvalue weighted by Crippen LogP contribution is -2.46. The Morgan fingerprint density at radius 3 is 2.59 bits per heavy atom. The normalized spacial score (nSPS) is 20.1. The molecule has 27 heavy (non-hydrogen) atoms. The fourth-order valence-electron chi connectivity index (χ4n) is 4.68. The highest BCUT2D eigenvalue weighted by atomic mass is 16.2. The van der Waals surface area contributed by atoms with Crippen LogP contribution in [0.3, 0.4) is 0 Å². The molecule has 0 atom stereocenters. The predicted octanol–water partition coefficient (Wildman–Crippen LogP) is 3.69. The van der Waals surface area contributed by atoms with Gasteiger partial charge in [0.2, 0.25) is 0 Å². The van der Waals surface area contributed by atoms with Gasteiger partial charge in [-0.15, -0.1) is 0 Å². The van der Waals surface area contributed by atoms with E-state index in [1.54, 1.807) is 4.57 Å². The van der Waals surface area contributed by atoms with E-state index in [0.29, 0.717) is 18.7 Å². The Kier molecular flexibility index (Phi) is 3.64. The maximum atomic E-state index is 13.2. The number of pyridine rings is 1. The number of carbonyl (C=O) groups excluding carboxylic acids is 1. The first kappa shape index (κ1) is 16.5. The van der Waals surface area contributed by atoms with Crippen LogP contribution < -0.4 is 5.56 Å². The summed E-state index contributed by atoms with van der Waals surface area (Å²) in [5, 5.41) is 0. The van der Waals surface area contributed by atoms with Gasteiger partial charge in [-0.2, -0.15) is 0 Å². The smallest absolute Gasteiger partial charge is 0.263 e. The third kappa shape index (κ3) is 2.58. The predicted molar refractivity (Wildman–Crippen MR) is 106 cm³/mol. The first-order valence-corrected chi connectivity index (χ1v) is 9.89. The summed E-state index contributed by atoms with van der Waals surface area (Å²) >= 11 is 0. The molecule has 138 valence electrons. The first-order valence-electron chi connectivity index (χ1n) is 9.89. The number of rotatable bonds is 2. The molecular formula is C23H24N2O2. The van der Waals surface area contributed by atoms with Gasteiger partial charge in [0, 0.05) is 30.7 Å². The van der Waals surface area contributed by atoms with E-state index < -0.39 is 0 Å². The second kappa shape index (κ2) is 5.95. The highest BCUT2D eigenvalue weighted by Crippen LogP contribution is 2.43. The number of likely N-dealkylation sites (tertiary alicyclic amines) is 1. The van der Waals surface area contributed by atoms with Crippen molar-refractivity contribution in [2.45, 2.75) is 44.1 Å². The zero-order valence-electron chi connectivity index (χ0n) is 15.6. The summed E-state index contributed by atoms with van der Waals surface area (Å²) in [6, 6.07) is 10.7. The van der Waals surface area contributed by atoms with Crippen molar-refractivity contribution >= 4 is 12.0 Å². The average molecular weight is 360 g/mol. The summed E-state index contributed by atoms with van der Waals surface area (Å²) in [7, 11) is 0. The number of piperidine rings is 1. The van der Waals surface area contributed by atoms with Gasteiger partial charge in [-0.1, -0.05) is 36.4 Å². The van der Waals surface area contributed by atoms with Gasteiger partial charge in [-0.3, -0.25) is 9.59 Å². The van der Waals surface area contributed by atoms with Gasteiger partial charge in [0.05, 0.1) is 0 Å². The molecule has 2 aliphatic carbocycles. The quantitative estimate of drug-likeness (QED) is 0.820. The second-order valence-electron chi connectivity index (χ2n) is 8.19. The van der Waals surface area contributed by atoms with Crippen LogP contribution in [-0.4, -0.2) is 28.5 Å². The molecule has 1 amide bonds. The number of aryl methyl sites for hydroxylation is 1. The van der Waals surface area contributed by atoms with Crippen LogP contribution in [-0.2, 0) is 5.41 Å². The van der Waals surface area contributed by atoms with Crippen molar-refractivity contribution in [1.82, 2.24) is 9.47 Å². The Morgan fingerprint density at radius 2 is 1.85 bits per heavy atom. The van der Waals surface area contributed by atoms with E-state index in [1.807, 2.05) is 24.1 Å². The van der Waals surface area contributed by atoms with E-state index in [2.05, 4.69) is 36.4 Å².